The summed E-state index contributed by atoms with van der Waals surface area (Å²) < 4.78 is 16.1. The molecule has 0 saturated heterocycles. The molecule has 0 atom stereocenters. The molecule has 0 spiro atoms. The van der Waals surface area contributed by atoms with Crippen LogP contribution in [0.15, 0.2) is 47.0 Å². The van der Waals surface area contributed by atoms with E-state index in [4.69, 9.17) is 14.0 Å². The summed E-state index contributed by atoms with van der Waals surface area (Å²) >= 11 is 0. The normalized spacial score (nSPS) is 13.5. The van der Waals surface area contributed by atoms with Crippen LogP contribution in [0.5, 0.6) is 11.5 Å². The molecule has 0 aliphatic carbocycles. The number of aromatic nitrogens is 1. The van der Waals surface area contributed by atoms with Gasteiger partial charge in [0.15, 0.2) is 11.5 Å². The van der Waals surface area contributed by atoms with Crippen molar-refractivity contribution in [3.05, 3.63) is 64.9 Å². The molecule has 4 rings (SSSR count). The molecule has 1 aliphatic heterocycles. The van der Waals surface area contributed by atoms with E-state index in [-0.39, 0.29) is 5.91 Å². The third kappa shape index (κ3) is 4.41. The van der Waals surface area contributed by atoms with Crippen molar-refractivity contribution in [1.82, 2.24) is 15.4 Å². The zero-order valence-corrected chi connectivity index (χ0v) is 18.1. The van der Waals surface area contributed by atoms with Gasteiger partial charge in [-0.15, -0.1) is 0 Å². The van der Waals surface area contributed by atoms with E-state index in [2.05, 4.69) is 21.4 Å². The Morgan fingerprint density at radius 1 is 1.13 bits per heavy atom. The first-order chi connectivity index (χ1) is 15.1. The Bertz CT molecular complexity index is 1060. The fourth-order valence-electron chi connectivity index (χ4n) is 3.98. The Morgan fingerprint density at radius 3 is 2.55 bits per heavy atom. The molecule has 0 unspecified atom stereocenters. The molecule has 3 aromatic rings. The van der Waals surface area contributed by atoms with Crippen molar-refractivity contribution in [1.29, 1.82) is 0 Å². The van der Waals surface area contributed by atoms with Crippen LogP contribution in [0.2, 0.25) is 0 Å². The predicted octanol–water partition coefficient (Wildman–Crippen LogP) is 3.46. The number of benzene rings is 2. The molecule has 2 aromatic carbocycles. The Labute approximate surface area is 181 Å². The van der Waals surface area contributed by atoms with Crippen LogP contribution in [0.3, 0.4) is 0 Å². The number of rotatable bonds is 7. The molecule has 31 heavy (non-hydrogen) atoms. The standard InChI is InChI=1S/C24H27N3O4/c1-16-22(23(26-31-16)17-7-5-4-6-8-17)24(28)25-10-12-27-11-9-18-13-20(29-2)21(30-3)14-19(18)15-27/h4-8,13-14H,9-12,15H2,1-3H3,(H,25,28). The molecule has 0 fully saturated rings. The van der Waals surface area contributed by atoms with Crippen molar-refractivity contribution in [3.8, 4) is 22.8 Å². The van der Waals surface area contributed by atoms with Crippen molar-refractivity contribution >= 4 is 5.91 Å². The van der Waals surface area contributed by atoms with Crippen molar-refractivity contribution in [2.45, 2.75) is 19.9 Å². The average Bonchev–Trinajstić information content (AvgIpc) is 3.20. The highest BCUT2D eigenvalue weighted by Gasteiger charge is 2.22. The van der Waals surface area contributed by atoms with E-state index in [1.807, 2.05) is 36.4 Å². The maximum Gasteiger partial charge on any atom is 0.257 e. The quantitative estimate of drug-likeness (QED) is 0.630. The highest BCUT2D eigenvalue weighted by molar-refractivity contribution is 6.00. The van der Waals surface area contributed by atoms with E-state index < -0.39 is 0 Å². The third-order valence-corrected chi connectivity index (χ3v) is 5.65. The third-order valence-electron chi connectivity index (χ3n) is 5.65. The maximum atomic E-state index is 12.9. The number of hydrogen-bond acceptors (Lipinski definition) is 6. The summed E-state index contributed by atoms with van der Waals surface area (Å²) in [6.45, 7) is 4.80. The second-order valence-electron chi connectivity index (χ2n) is 7.59. The fraction of sp³-hybridized carbons (Fsp3) is 0.333. The molecule has 162 valence electrons. The molecule has 1 aliphatic rings. The molecule has 7 heteroatoms. The Hall–Kier alpha value is -3.32. The van der Waals surface area contributed by atoms with Gasteiger partial charge in [0.1, 0.15) is 17.0 Å². The molecule has 7 nitrogen and oxygen atoms in total. The summed E-state index contributed by atoms with van der Waals surface area (Å²) in [4.78, 5) is 15.2. The van der Waals surface area contributed by atoms with Gasteiger partial charge in [-0.05, 0) is 36.6 Å². The first-order valence-corrected chi connectivity index (χ1v) is 10.4. The van der Waals surface area contributed by atoms with E-state index in [9.17, 15) is 4.79 Å². The highest BCUT2D eigenvalue weighted by Crippen LogP contribution is 2.33. The summed E-state index contributed by atoms with van der Waals surface area (Å²) in [5.74, 6) is 1.86. The van der Waals surface area contributed by atoms with Crippen LogP contribution in [0.4, 0.5) is 0 Å². The van der Waals surface area contributed by atoms with Gasteiger partial charge in [0.2, 0.25) is 0 Å². The van der Waals surface area contributed by atoms with E-state index >= 15 is 0 Å². The lowest BCUT2D eigenvalue weighted by Crippen LogP contribution is -2.38. The van der Waals surface area contributed by atoms with Gasteiger partial charge >= 0.3 is 0 Å². The molecule has 0 saturated carbocycles. The predicted molar refractivity (Wildman–Crippen MR) is 118 cm³/mol. The summed E-state index contributed by atoms with van der Waals surface area (Å²) in [7, 11) is 3.30. The van der Waals surface area contributed by atoms with E-state index in [1.165, 1.54) is 11.1 Å². The first-order valence-electron chi connectivity index (χ1n) is 10.4. The lowest BCUT2D eigenvalue weighted by molar-refractivity contribution is 0.0946. The number of nitrogens with one attached hydrogen (secondary N) is 1. The maximum absolute atomic E-state index is 12.9. The lowest BCUT2D eigenvalue weighted by Gasteiger charge is -2.29. The topological polar surface area (TPSA) is 76.8 Å². The van der Waals surface area contributed by atoms with Crippen LogP contribution in [0.25, 0.3) is 11.3 Å². The largest absolute Gasteiger partial charge is 0.493 e. The summed E-state index contributed by atoms with van der Waals surface area (Å²) in [5.41, 5.74) is 4.44. The van der Waals surface area contributed by atoms with Gasteiger partial charge in [0.25, 0.3) is 5.91 Å². The minimum Gasteiger partial charge on any atom is -0.493 e. The zero-order chi connectivity index (χ0) is 21.8. The second kappa shape index (κ2) is 9.22. The van der Waals surface area contributed by atoms with Gasteiger partial charge in [0, 0.05) is 31.7 Å². The number of fused-ring (bicyclic) bond motifs is 1. The number of aryl methyl sites for hydroxylation is 1. The molecular weight excluding hydrogens is 394 g/mol. The van der Waals surface area contributed by atoms with Gasteiger partial charge in [-0.3, -0.25) is 9.69 Å². The molecule has 0 bridgehead atoms. The van der Waals surface area contributed by atoms with Gasteiger partial charge < -0.3 is 19.3 Å². The molecule has 1 N–H and O–H groups in total. The van der Waals surface area contributed by atoms with Gasteiger partial charge in [-0.2, -0.15) is 0 Å². The van der Waals surface area contributed by atoms with Crippen molar-refractivity contribution < 1.29 is 18.8 Å². The average molecular weight is 421 g/mol. The number of amides is 1. The molecule has 1 amide bonds. The summed E-state index contributed by atoms with van der Waals surface area (Å²) in [5, 5.41) is 7.11. The minimum absolute atomic E-state index is 0.165. The van der Waals surface area contributed by atoms with Gasteiger partial charge in [-0.1, -0.05) is 35.5 Å². The fourth-order valence-corrected chi connectivity index (χ4v) is 3.98. The number of carbonyl (C=O) groups is 1. The van der Waals surface area contributed by atoms with E-state index in [0.717, 1.165) is 43.1 Å². The number of carbonyl (C=O) groups excluding carboxylic acids is 1. The summed E-state index contributed by atoms with van der Waals surface area (Å²) in [6.07, 6.45) is 0.937. The molecular formula is C24H27N3O4. The Morgan fingerprint density at radius 2 is 1.84 bits per heavy atom. The molecule has 2 heterocycles. The van der Waals surface area contributed by atoms with E-state index in [1.54, 1.807) is 21.1 Å². The minimum atomic E-state index is -0.165. The summed E-state index contributed by atoms with van der Waals surface area (Å²) in [6, 6.07) is 13.7. The number of methoxy groups -OCH3 is 2. The van der Waals surface area contributed by atoms with Crippen LogP contribution in [-0.2, 0) is 13.0 Å². The zero-order valence-electron chi connectivity index (χ0n) is 18.1. The Balaban J connectivity index is 1.38. The van der Waals surface area contributed by atoms with Gasteiger partial charge in [-0.25, -0.2) is 0 Å². The van der Waals surface area contributed by atoms with Crippen LogP contribution in [-0.4, -0.2) is 49.8 Å². The SMILES string of the molecule is COc1cc2c(cc1OC)CN(CCNC(=O)c1c(-c3ccccc3)noc1C)CC2. The van der Waals surface area contributed by atoms with Crippen molar-refractivity contribution in [3.63, 3.8) is 0 Å². The number of nitrogens with zero attached hydrogens (tertiary/aromatic N) is 2. The van der Waals surface area contributed by atoms with Crippen LogP contribution >= 0.6 is 0 Å². The first kappa shape index (κ1) is 20.9. The monoisotopic (exact) mass is 421 g/mol. The molecule has 1 aromatic heterocycles. The van der Waals surface area contributed by atoms with Crippen molar-refractivity contribution in [2.24, 2.45) is 0 Å². The van der Waals surface area contributed by atoms with Crippen LogP contribution < -0.4 is 14.8 Å². The van der Waals surface area contributed by atoms with Crippen LogP contribution in [0.1, 0.15) is 27.2 Å². The molecule has 0 radical (unpaired) electrons. The van der Waals surface area contributed by atoms with E-state index in [0.29, 0.717) is 23.6 Å². The number of ether oxygens (including phenoxy) is 2. The second-order valence-corrected chi connectivity index (χ2v) is 7.59. The van der Waals surface area contributed by atoms with Gasteiger partial charge in [0.05, 0.1) is 14.2 Å². The Kier molecular flexibility index (Phi) is 6.23. The highest BCUT2D eigenvalue weighted by atomic mass is 16.5. The lowest BCUT2D eigenvalue weighted by atomic mass is 9.99. The van der Waals surface area contributed by atoms with Crippen molar-refractivity contribution in [2.75, 3.05) is 33.9 Å². The van der Waals surface area contributed by atoms with Crippen LogP contribution in [0, 0.1) is 6.92 Å². The smallest absolute Gasteiger partial charge is 0.257 e. The number of hydrogen-bond donors (Lipinski definition) is 1.